The van der Waals surface area contributed by atoms with E-state index in [0.717, 1.165) is 0 Å². The molecule has 0 aliphatic carbocycles. The van der Waals surface area contributed by atoms with E-state index in [1.165, 1.54) is 6.07 Å². The molecule has 0 aliphatic heterocycles. The minimum Gasteiger partial charge on any atom is -0.478 e. The van der Waals surface area contributed by atoms with Gasteiger partial charge in [0.25, 0.3) is 0 Å². The summed E-state index contributed by atoms with van der Waals surface area (Å²) in [7, 11) is 0. The maximum atomic E-state index is 12.4. The van der Waals surface area contributed by atoms with Gasteiger partial charge in [-0.25, -0.2) is 4.79 Å². The Morgan fingerprint density at radius 3 is 2.38 bits per heavy atom. The van der Waals surface area contributed by atoms with Crippen LogP contribution in [0.3, 0.4) is 0 Å². The Balaban J connectivity index is 3.52. The van der Waals surface area contributed by atoms with Gasteiger partial charge in [0.15, 0.2) is 0 Å². The van der Waals surface area contributed by atoms with E-state index in [9.17, 15) is 18.0 Å². The van der Waals surface area contributed by atoms with Gasteiger partial charge in [-0.2, -0.15) is 18.4 Å². The van der Waals surface area contributed by atoms with Gasteiger partial charge in [0.2, 0.25) is 0 Å². The zero-order valence-electron chi connectivity index (χ0n) is 7.47. The minimum absolute atomic E-state index is 0.434. The number of rotatable bonds is 1. The van der Waals surface area contributed by atoms with E-state index in [-0.39, 0.29) is 0 Å². The number of carboxylic acids is 1. The minimum atomic E-state index is -4.74. The van der Waals surface area contributed by atoms with Crippen molar-refractivity contribution < 1.29 is 23.1 Å². The lowest BCUT2D eigenvalue weighted by molar-refractivity contribution is -0.137. The number of nitriles is 1. The van der Waals surface area contributed by atoms with Gasteiger partial charge in [-0.1, -0.05) is 11.6 Å². The molecule has 0 aliphatic rings. The van der Waals surface area contributed by atoms with Crippen molar-refractivity contribution in [2.45, 2.75) is 6.18 Å². The SMILES string of the molecule is N#Cc1cc(C(=O)O)c(Cl)cc1C(F)(F)F. The van der Waals surface area contributed by atoms with E-state index >= 15 is 0 Å². The van der Waals surface area contributed by atoms with Crippen molar-refractivity contribution in [3.8, 4) is 6.07 Å². The monoisotopic (exact) mass is 249 g/mol. The number of alkyl halides is 3. The second kappa shape index (κ2) is 4.02. The molecule has 0 bridgehead atoms. The fraction of sp³-hybridized carbons (Fsp3) is 0.111. The Morgan fingerprint density at radius 2 is 2.00 bits per heavy atom. The van der Waals surface area contributed by atoms with Crippen LogP contribution >= 0.6 is 11.6 Å². The molecule has 0 saturated heterocycles. The zero-order chi connectivity index (χ0) is 12.5. The molecule has 7 heteroatoms. The van der Waals surface area contributed by atoms with Gasteiger partial charge in [0.1, 0.15) is 0 Å². The van der Waals surface area contributed by atoms with Crippen LogP contribution in [0.5, 0.6) is 0 Å². The van der Waals surface area contributed by atoms with E-state index < -0.39 is 33.9 Å². The van der Waals surface area contributed by atoms with Crippen LogP contribution in [0.25, 0.3) is 0 Å². The van der Waals surface area contributed by atoms with Crippen LogP contribution in [0.2, 0.25) is 5.02 Å². The number of benzene rings is 1. The molecule has 0 atom stereocenters. The first-order valence-corrected chi connectivity index (χ1v) is 4.19. The topological polar surface area (TPSA) is 61.1 Å². The van der Waals surface area contributed by atoms with Crippen molar-refractivity contribution in [2.24, 2.45) is 0 Å². The largest absolute Gasteiger partial charge is 0.478 e. The van der Waals surface area contributed by atoms with Crippen LogP contribution in [0.1, 0.15) is 21.5 Å². The van der Waals surface area contributed by atoms with Crippen LogP contribution < -0.4 is 0 Å². The number of hydrogen-bond donors (Lipinski definition) is 1. The van der Waals surface area contributed by atoms with Gasteiger partial charge in [-0.05, 0) is 12.1 Å². The highest BCUT2D eigenvalue weighted by Crippen LogP contribution is 2.34. The first-order valence-electron chi connectivity index (χ1n) is 3.81. The third-order valence-corrected chi connectivity index (χ3v) is 2.08. The molecule has 1 N–H and O–H groups in total. The molecule has 1 rings (SSSR count). The average molecular weight is 250 g/mol. The van der Waals surface area contributed by atoms with Crippen molar-refractivity contribution in [3.63, 3.8) is 0 Å². The summed E-state index contributed by atoms with van der Waals surface area (Å²) in [5.74, 6) is -1.49. The molecule has 1 aromatic carbocycles. The molecule has 3 nitrogen and oxygen atoms in total. The molecule has 0 heterocycles. The van der Waals surface area contributed by atoms with Crippen LogP contribution in [0, 0.1) is 11.3 Å². The summed E-state index contributed by atoms with van der Waals surface area (Å²) in [5, 5.41) is 16.5. The van der Waals surface area contributed by atoms with Crippen molar-refractivity contribution >= 4 is 17.6 Å². The molecule has 0 saturated carbocycles. The average Bonchev–Trinajstić information content (AvgIpc) is 2.15. The van der Waals surface area contributed by atoms with Crippen LogP contribution in [0.4, 0.5) is 13.2 Å². The van der Waals surface area contributed by atoms with E-state index in [1.54, 1.807) is 0 Å². The standard InChI is InChI=1S/C9H3ClF3NO2/c10-7-2-6(9(11,12)13)4(3-14)1-5(7)8(15)16/h1-2H,(H,15,16). The summed E-state index contributed by atoms with van der Waals surface area (Å²) in [6, 6.07) is 2.32. The van der Waals surface area contributed by atoms with E-state index in [0.29, 0.717) is 12.1 Å². The molecular weight excluding hydrogens is 247 g/mol. The molecule has 0 radical (unpaired) electrons. The first kappa shape index (κ1) is 12.3. The van der Waals surface area contributed by atoms with Crippen LogP contribution in [-0.2, 0) is 6.18 Å². The Kier molecular flexibility index (Phi) is 3.10. The first-order chi connectivity index (χ1) is 7.27. The van der Waals surface area contributed by atoms with Crippen LogP contribution in [0.15, 0.2) is 12.1 Å². The highest BCUT2D eigenvalue weighted by atomic mass is 35.5. The number of carboxylic acid groups (broad SMARTS) is 1. The maximum Gasteiger partial charge on any atom is 0.417 e. The third kappa shape index (κ3) is 2.25. The molecule has 0 unspecified atom stereocenters. The molecule has 84 valence electrons. The predicted molar refractivity (Wildman–Crippen MR) is 48.1 cm³/mol. The summed E-state index contributed by atoms with van der Waals surface area (Å²) in [6.45, 7) is 0. The Bertz CT molecular complexity index is 491. The van der Waals surface area contributed by atoms with E-state index in [2.05, 4.69) is 0 Å². The second-order valence-electron chi connectivity index (χ2n) is 2.79. The molecule has 1 aromatic rings. The Labute approximate surface area is 92.7 Å². The summed E-state index contributed by atoms with van der Waals surface area (Å²) in [6.07, 6.45) is -4.74. The lowest BCUT2D eigenvalue weighted by Gasteiger charge is -2.10. The van der Waals surface area contributed by atoms with Crippen molar-refractivity contribution in [1.29, 1.82) is 5.26 Å². The number of aromatic carboxylic acids is 1. The lowest BCUT2D eigenvalue weighted by Crippen LogP contribution is -2.10. The quantitative estimate of drug-likeness (QED) is 0.832. The van der Waals surface area contributed by atoms with E-state index in [4.69, 9.17) is 22.0 Å². The molecule has 0 amide bonds. The molecule has 16 heavy (non-hydrogen) atoms. The zero-order valence-corrected chi connectivity index (χ0v) is 8.23. The van der Waals surface area contributed by atoms with Gasteiger partial charge >= 0.3 is 12.1 Å². The molecular formula is C9H3ClF3NO2. The lowest BCUT2D eigenvalue weighted by atomic mass is 10.0. The van der Waals surface area contributed by atoms with Gasteiger partial charge in [0.05, 0.1) is 27.8 Å². The highest BCUT2D eigenvalue weighted by molar-refractivity contribution is 6.33. The Morgan fingerprint density at radius 1 is 1.44 bits per heavy atom. The van der Waals surface area contributed by atoms with Gasteiger partial charge in [-0.15, -0.1) is 0 Å². The highest BCUT2D eigenvalue weighted by Gasteiger charge is 2.34. The fourth-order valence-electron chi connectivity index (χ4n) is 1.06. The second-order valence-corrected chi connectivity index (χ2v) is 3.20. The predicted octanol–water partition coefficient (Wildman–Crippen LogP) is 2.93. The Hall–Kier alpha value is -1.74. The number of halogens is 4. The maximum absolute atomic E-state index is 12.4. The summed E-state index contributed by atoms with van der Waals surface area (Å²) < 4.78 is 37.2. The van der Waals surface area contributed by atoms with Crippen LogP contribution in [-0.4, -0.2) is 11.1 Å². The van der Waals surface area contributed by atoms with Gasteiger partial charge in [-0.3, -0.25) is 0 Å². The van der Waals surface area contributed by atoms with Crippen molar-refractivity contribution in [1.82, 2.24) is 0 Å². The number of carbonyl (C=O) groups is 1. The summed E-state index contributed by atoms with van der Waals surface area (Å²) in [4.78, 5) is 10.6. The van der Waals surface area contributed by atoms with E-state index in [1.807, 2.05) is 0 Å². The normalized spacial score (nSPS) is 10.9. The number of nitrogens with zero attached hydrogens (tertiary/aromatic N) is 1. The number of hydrogen-bond acceptors (Lipinski definition) is 2. The van der Waals surface area contributed by atoms with Crippen molar-refractivity contribution in [3.05, 3.63) is 33.8 Å². The molecule has 0 aromatic heterocycles. The summed E-state index contributed by atoms with van der Waals surface area (Å²) >= 11 is 5.37. The fourth-order valence-corrected chi connectivity index (χ4v) is 1.31. The van der Waals surface area contributed by atoms with Crippen molar-refractivity contribution in [2.75, 3.05) is 0 Å². The van der Waals surface area contributed by atoms with Gasteiger partial charge in [0, 0.05) is 0 Å². The molecule has 0 spiro atoms. The molecule has 0 fully saturated rings. The smallest absolute Gasteiger partial charge is 0.417 e. The van der Waals surface area contributed by atoms with Gasteiger partial charge < -0.3 is 5.11 Å². The summed E-state index contributed by atoms with van der Waals surface area (Å²) in [5.41, 5.74) is -2.55. The third-order valence-electron chi connectivity index (χ3n) is 1.76.